The Morgan fingerprint density at radius 1 is 1.14 bits per heavy atom. The fourth-order valence-electron chi connectivity index (χ4n) is 3.20. The Labute approximate surface area is 179 Å². The highest BCUT2D eigenvalue weighted by Crippen LogP contribution is 2.28. The third-order valence-electron chi connectivity index (χ3n) is 4.90. The molecule has 0 heterocycles. The zero-order valence-corrected chi connectivity index (χ0v) is 19.0. The summed E-state index contributed by atoms with van der Waals surface area (Å²) in [5.74, 6) is -0.0892. The molecular weight excluding hydrogens is 408 g/mol. The van der Waals surface area contributed by atoms with Gasteiger partial charge in [0.2, 0.25) is 15.9 Å². The normalized spacial score (nSPS) is 12.4. The van der Waals surface area contributed by atoms with E-state index in [0.717, 1.165) is 18.2 Å². The predicted octanol–water partition coefficient (Wildman–Crippen LogP) is 4.77. The lowest BCUT2D eigenvalue weighted by Crippen LogP contribution is -2.33. The molecule has 0 aliphatic heterocycles. The second-order valence-electron chi connectivity index (χ2n) is 7.26. The Balaban J connectivity index is 2.01. The molecule has 2 rings (SSSR count). The number of nitrogens with zero attached hydrogens (tertiary/aromatic N) is 1. The first-order valence-corrected chi connectivity index (χ1v) is 11.9. The van der Waals surface area contributed by atoms with Crippen LogP contribution in [0, 0.1) is 13.8 Å². The van der Waals surface area contributed by atoms with Crippen LogP contribution in [0.3, 0.4) is 0 Å². The number of sulfonamides is 1. The Hall–Kier alpha value is -2.05. The van der Waals surface area contributed by atoms with Crippen LogP contribution >= 0.6 is 11.6 Å². The van der Waals surface area contributed by atoms with E-state index in [1.165, 1.54) is 9.87 Å². The average molecular weight is 437 g/mol. The lowest BCUT2D eigenvalue weighted by Gasteiger charge is -2.24. The molecule has 1 atom stereocenters. The second-order valence-corrected chi connectivity index (χ2v) is 9.58. The van der Waals surface area contributed by atoms with Gasteiger partial charge in [0.25, 0.3) is 0 Å². The average Bonchev–Trinajstić information content (AvgIpc) is 2.66. The van der Waals surface area contributed by atoms with Gasteiger partial charge in [-0.3, -0.25) is 9.10 Å². The van der Waals surface area contributed by atoms with Gasteiger partial charge < -0.3 is 5.32 Å². The van der Waals surface area contributed by atoms with Gasteiger partial charge in [0.15, 0.2) is 0 Å². The zero-order chi connectivity index (χ0) is 21.6. The van der Waals surface area contributed by atoms with Gasteiger partial charge in [0.05, 0.1) is 18.0 Å². The van der Waals surface area contributed by atoms with Gasteiger partial charge >= 0.3 is 0 Å². The third kappa shape index (κ3) is 6.47. The van der Waals surface area contributed by atoms with Crippen molar-refractivity contribution < 1.29 is 13.2 Å². The number of hydrogen-bond donors (Lipinski definition) is 1. The van der Waals surface area contributed by atoms with Crippen LogP contribution in [0.5, 0.6) is 0 Å². The van der Waals surface area contributed by atoms with Crippen molar-refractivity contribution in [1.82, 2.24) is 5.32 Å². The highest BCUT2D eigenvalue weighted by atomic mass is 35.5. The minimum absolute atomic E-state index is 0.0516. The maximum absolute atomic E-state index is 12.4. The quantitative estimate of drug-likeness (QED) is 0.615. The fraction of sp³-hybridized carbons (Fsp3) is 0.409. The first kappa shape index (κ1) is 23.2. The van der Waals surface area contributed by atoms with Crippen LogP contribution in [0.15, 0.2) is 42.5 Å². The zero-order valence-electron chi connectivity index (χ0n) is 17.4. The molecule has 1 amide bonds. The summed E-state index contributed by atoms with van der Waals surface area (Å²) in [6.07, 6.45) is 2.60. The molecule has 0 aliphatic rings. The van der Waals surface area contributed by atoms with E-state index in [9.17, 15) is 13.2 Å². The maximum Gasteiger partial charge on any atom is 0.232 e. The molecule has 2 aromatic carbocycles. The van der Waals surface area contributed by atoms with Gasteiger partial charge in [-0.05, 0) is 49.9 Å². The monoisotopic (exact) mass is 436 g/mol. The van der Waals surface area contributed by atoms with Crippen molar-refractivity contribution in [3.05, 3.63) is 64.2 Å². The van der Waals surface area contributed by atoms with Gasteiger partial charge in [0.1, 0.15) is 0 Å². The minimum Gasteiger partial charge on any atom is -0.349 e. The first-order valence-electron chi connectivity index (χ1n) is 9.72. The summed E-state index contributed by atoms with van der Waals surface area (Å²) in [6.45, 7) is 6.06. The number of carbonyl (C=O) groups is 1. The van der Waals surface area contributed by atoms with Gasteiger partial charge in [0, 0.05) is 18.0 Å². The number of carbonyl (C=O) groups excluding carboxylic acids is 1. The fourth-order valence-corrected chi connectivity index (χ4v) is 4.39. The molecule has 158 valence electrons. The number of aryl methyl sites for hydroxylation is 1. The molecule has 2 aromatic rings. The molecule has 0 saturated heterocycles. The molecule has 0 spiro atoms. The van der Waals surface area contributed by atoms with Gasteiger partial charge in [-0.25, -0.2) is 8.42 Å². The summed E-state index contributed by atoms with van der Waals surface area (Å²) in [7, 11) is -3.49. The number of hydrogen-bond acceptors (Lipinski definition) is 3. The van der Waals surface area contributed by atoms with Crippen LogP contribution in [-0.2, 0) is 14.8 Å². The lowest BCUT2D eigenvalue weighted by atomic mass is 10.0. The summed E-state index contributed by atoms with van der Waals surface area (Å²) >= 11 is 6.15. The van der Waals surface area contributed by atoms with Crippen molar-refractivity contribution in [3.8, 4) is 0 Å². The van der Waals surface area contributed by atoms with Crippen molar-refractivity contribution in [2.45, 2.75) is 46.1 Å². The number of halogens is 1. The molecular formula is C22H29ClN2O3S. The van der Waals surface area contributed by atoms with E-state index >= 15 is 0 Å². The topological polar surface area (TPSA) is 66.5 Å². The Kier molecular flexibility index (Phi) is 8.11. The highest BCUT2D eigenvalue weighted by molar-refractivity contribution is 7.92. The number of rotatable bonds is 9. The molecule has 1 N–H and O–H groups in total. The standard InChI is InChI=1S/C22H29ClN2O3S/c1-5-20(18-13-11-16(2)12-14-18)24-22(26)10-7-15-25(29(4,27)28)21-9-6-8-19(23)17(21)3/h6,8-9,11-14,20H,5,7,10,15H2,1-4H3,(H,24,26). The van der Waals surface area contributed by atoms with E-state index < -0.39 is 10.0 Å². The SMILES string of the molecule is CCC(NC(=O)CCCN(c1cccc(Cl)c1C)S(C)(=O)=O)c1ccc(C)cc1. The van der Waals surface area contributed by atoms with Crippen LogP contribution in [0.1, 0.15) is 48.9 Å². The Morgan fingerprint density at radius 2 is 1.79 bits per heavy atom. The van der Waals surface area contributed by atoms with Crippen molar-refractivity contribution in [2.75, 3.05) is 17.1 Å². The van der Waals surface area contributed by atoms with Gasteiger partial charge in [-0.2, -0.15) is 0 Å². The van der Waals surface area contributed by atoms with Crippen molar-refractivity contribution in [1.29, 1.82) is 0 Å². The predicted molar refractivity (Wildman–Crippen MR) is 120 cm³/mol. The Bertz CT molecular complexity index is 943. The molecule has 0 aromatic heterocycles. The molecule has 0 saturated carbocycles. The molecule has 29 heavy (non-hydrogen) atoms. The highest BCUT2D eigenvalue weighted by Gasteiger charge is 2.20. The largest absolute Gasteiger partial charge is 0.349 e. The summed E-state index contributed by atoms with van der Waals surface area (Å²) in [5, 5.41) is 3.56. The number of anilines is 1. The van der Waals surface area contributed by atoms with E-state index in [1.807, 2.05) is 38.1 Å². The molecule has 0 aliphatic carbocycles. The third-order valence-corrected chi connectivity index (χ3v) is 6.49. The van der Waals surface area contributed by atoms with Crippen LogP contribution in [-0.4, -0.2) is 27.1 Å². The first-order chi connectivity index (χ1) is 13.6. The molecule has 7 heteroatoms. The van der Waals surface area contributed by atoms with E-state index in [4.69, 9.17) is 11.6 Å². The number of benzene rings is 2. The van der Waals surface area contributed by atoms with E-state index in [1.54, 1.807) is 25.1 Å². The van der Waals surface area contributed by atoms with E-state index in [0.29, 0.717) is 22.7 Å². The van der Waals surface area contributed by atoms with Crippen LogP contribution in [0.2, 0.25) is 5.02 Å². The maximum atomic E-state index is 12.4. The smallest absolute Gasteiger partial charge is 0.232 e. The van der Waals surface area contributed by atoms with E-state index in [-0.39, 0.29) is 24.9 Å². The molecule has 0 bridgehead atoms. The van der Waals surface area contributed by atoms with Crippen molar-refractivity contribution in [2.24, 2.45) is 0 Å². The van der Waals surface area contributed by atoms with E-state index in [2.05, 4.69) is 5.32 Å². The van der Waals surface area contributed by atoms with Crippen molar-refractivity contribution in [3.63, 3.8) is 0 Å². The summed E-state index contributed by atoms with van der Waals surface area (Å²) in [5.41, 5.74) is 3.49. The minimum atomic E-state index is -3.49. The number of nitrogens with one attached hydrogen (secondary N) is 1. The summed E-state index contributed by atoms with van der Waals surface area (Å²) in [6, 6.07) is 13.2. The van der Waals surface area contributed by atoms with Crippen LogP contribution in [0.4, 0.5) is 5.69 Å². The molecule has 0 radical (unpaired) electrons. The van der Waals surface area contributed by atoms with Crippen LogP contribution < -0.4 is 9.62 Å². The lowest BCUT2D eigenvalue weighted by molar-refractivity contribution is -0.121. The number of amides is 1. The molecule has 0 fully saturated rings. The molecule has 1 unspecified atom stereocenters. The van der Waals surface area contributed by atoms with Gasteiger partial charge in [-0.1, -0.05) is 54.4 Å². The second kappa shape index (κ2) is 10.1. The molecule has 5 nitrogen and oxygen atoms in total. The summed E-state index contributed by atoms with van der Waals surface area (Å²) in [4.78, 5) is 12.4. The van der Waals surface area contributed by atoms with Gasteiger partial charge in [-0.15, -0.1) is 0 Å². The van der Waals surface area contributed by atoms with Crippen LogP contribution in [0.25, 0.3) is 0 Å². The van der Waals surface area contributed by atoms with Crippen molar-refractivity contribution >= 4 is 33.2 Å². The Morgan fingerprint density at radius 3 is 2.38 bits per heavy atom. The summed E-state index contributed by atoms with van der Waals surface area (Å²) < 4.78 is 25.9.